The molecule has 3 rings (SSSR count). The predicted molar refractivity (Wildman–Crippen MR) is 88.9 cm³/mol. The third-order valence-electron chi connectivity index (χ3n) is 4.89. The molecule has 0 aromatic carbocycles. The normalized spacial score (nSPS) is 21.4. The summed E-state index contributed by atoms with van der Waals surface area (Å²) in [6.45, 7) is 3.42. The van der Waals surface area contributed by atoms with Crippen LogP contribution in [0.3, 0.4) is 0 Å². The molecule has 0 aliphatic carbocycles. The molecular weight excluding hydrogens is 324 g/mol. The summed E-state index contributed by atoms with van der Waals surface area (Å²) in [4.78, 5) is 32.0. The van der Waals surface area contributed by atoms with Crippen LogP contribution in [-0.4, -0.2) is 71.7 Å². The molecule has 0 radical (unpaired) electrons. The van der Waals surface area contributed by atoms with E-state index in [0.29, 0.717) is 50.7 Å². The van der Waals surface area contributed by atoms with Crippen molar-refractivity contribution in [2.24, 2.45) is 0 Å². The fourth-order valence-corrected chi connectivity index (χ4v) is 3.45. The average molecular weight is 350 g/mol. The van der Waals surface area contributed by atoms with Crippen LogP contribution in [0.1, 0.15) is 49.7 Å². The number of hydrogen-bond acceptors (Lipinski definition) is 6. The van der Waals surface area contributed by atoms with Crippen LogP contribution < -0.4 is 0 Å². The molecule has 1 aromatic heterocycles. The monoisotopic (exact) mass is 350 g/mol. The Hall–Kier alpha value is -1.96. The molecule has 1 aromatic rings. The maximum Gasteiger partial charge on any atom is 0.231 e. The van der Waals surface area contributed by atoms with Crippen molar-refractivity contribution in [2.45, 2.75) is 44.4 Å². The molecule has 1 atom stereocenters. The molecule has 2 aliphatic rings. The number of rotatable bonds is 8. The van der Waals surface area contributed by atoms with Gasteiger partial charge in [-0.05, 0) is 19.3 Å². The van der Waals surface area contributed by atoms with E-state index in [1.807, 2.05) is 9.80 Å². The summed E-state index contributed by atoms with van der Waals surface area (Å²) in [6, 6.07) is 0. The second-order valence-electron chi connectivity index (χ2n) is 6.70. The van der Waals surface area contributed by atoms with Crippen LogP contribution >= 0.6 is 0 Å². The van der Waals surface area contributed by atoms with Gasteiger partial charge >= 0.3 is 0 Å². The van der Waals surface area contributed by atoms with Gasteiger partial charge in [-0.25, -0.2) is 0 Å². The summed E-state index contributed by atoms with van der Waals surface area (Å²) in [7, 11) is 1.64. The van der Waals surface area contributed by atoms with E-state index in [1.54, 1.807) is 7.11 Å². The number of hydrogen-bond donors (Lipinski definition) is 0. The average Bonchev–Trinajstić information content (AvgIpc) is 3.24. The summed E-state index contributed by atoms with van der Waals surface area (Å²) in [6.07, 6.45) is 4.29. The van der Waals surface area contributed by atoms with Gasteiger partial charge in [0.05, 0.1) is 12.5 Å². The summed E-state index contributed by atoms with van der Waals surface area (Å²) in [5.41, 5.74) is 0. The number of nitrogens with zero attached hydrogens (tertiary/aromatic N) is 4. The Kier molecular flexibility index (Phi) is 6.01. The van der Waals surface area contributed by atoms with Gasteiger partial charge in [-0.1, -0.05) is 5.16 Å². The van der Waals surface area contributed by atoms with E-state index in [0.717, 1.165) is 32.4 Å². The molecule has 8 heteroatoms. The van der Waals surface area contributed by atoms with Crippen LogP contribution in [0.2, 0.25) is 0 Å². The molecule has 0 N–H and O–H groups in total. The highest BCUT2D eigenvalue weighted by molar-refractivity contribution is 5.78. The largest absolute Gasteiger partial charge is 0.384 e. The summed E-state index contributed by atoms with van der Waals surface area (Å²) in [5.74, 6) is 1.75. The second-order valence-corrected chi connectivity index (χ2v) is 6.70. The molecule has 0 spiro atoms. The molecule has 3 heterocycles. The Morgan fingerprint density at radius 3 is 2.76 bits per heavy atom. The lowest BCUT2D eigenvalue weighted by Gasteiger charge is -2.31. The van der Waals surface area contributed by atoms with Gasteiger partial charge in [-0.15, -0.1) is 0 Å². The molecule has 0 saturated carbocycles. The maximum atomic E-state index is 12.2. The van der Waals surface area contributed by atoms with Crippen molar-refractivity contribution in [2.75, 3.05) is 39.9 Å². The first kappa shape index (κ1) is 17.8. The van der Waals surface area contributed by atoms with Crippen molar-refractivity contribution in [3.8, 4) is 0 Å². The van der Waals surface area contributed by atoms with Gasteiger partial charge in [0.2, 0.25) is 17.7 Å². The quantitative estimate of drug-likeness (QED) is 0.694. The van der Waals surface area contributed by atoms with Gasteiger partial charge in [0.15, 0.2) is 5.82 Å². The lowest BCUT2D eigenvalue weighted by atomic mass is 9.97. The standard InChI is InChI=1S/C17H26N4O4/c1-24-11-7-14-18-17(25-19-14)13-5-6-16(23)21(12-13)10-3-9-20-8-2-4-15(20)22/h13H,2-12H2,1H3/t13-/m0/s1. The van der Waals surface area contributed by atoms with Crippen LogP contribution in [0.5, 0.6) is 0 Å². The van der Waals surface area contributed by atoms with E-state index in [9.17, 15) is 9.59 Å². The second kappa shape index (κ2) is 8.42. The number of carbonyl (C=O) groups excluding carboxylic acids is 2. The summed E-state index contributed by atoms with van der Waals surface area (Å²) in [5, 5.41) is 3.98. The first-order chi connectivity index (χ1) is 12.2. The van der Waals surface area contributed by atoms with Gasteiger partial charge in [-0.2, -0.15) is 4.98 Å². The Morgan fingerprint density at radius 2 is 2.00 bits per heavy atom. The number of carbonyl (C=O) groups is 2. The van der Waals surface area contributed by atoms with Gasteiger partial charge in [0.1, 0.15) is 0 Å². The molecule has 2 amide bonds. The van der Waals surface area contributed by atoms with E-state index in [4.69, 9.17) is 9.26 Å². The van der Waals surface area contributed by atoms with Gasteiger partial charge in [0.25, 0.3) is 0 Å². The van der Waals surface area contributed by atoms with E-state index in [1.165, 1.54) is 0 Å². The van der Waals surface area contributed by atoms with Crippen LogP contribution in [0, 0.1) is 0 Å². The Labute approximate surface area is 147 Å². The highest BCUT2D eigenvalue weighted by Gasteiger charge is 2.30. The van der Waals surface area contributed by atoms with E-state index < -0.39 is 0 Å². The molecule has 0 unspecified atom stereocenters. The zero-order valence-corrected chi connectivity index (χ0v) is 14.8. The van der Waals surface area contributed by atoms with Crippen molar-refractivity contribution >= 4 is 11.8 Å². The topological polar surface area (TPSA) is 88.8 Å². The zero-order chi connectivity index (χ0) is 17.6. The van der Waals surface area contributed by atoms with Crippen LogP contribution in [0.15, 0.2) is 4.52 Å². The predicted octanol–water partition coefficient (Wildman–Crippen LogP) is 0.977. The Bertz CT molecular complexity index is 603. The van der Waals surface area contributed by atoms with Crippen molar-refractivity contribution in [3.63, 3.8) is 0 Å². The number of aromatic nitrogens is 2. The highest BCUT2D eigenvalue weighted by Crippen LogP contribution is 2.26. The first-order valence-electron chi connectivity index (χ1n) is 9.04. The molecule has 2 aliphatic heterocycles. The zero-order valence-electron chi connectivity index (χ0n) is 14.8. The number of ether oxygens (including phenoxy) is 1. The fourth-order valence-electron chi connectivity index (χ4n) is 3.45. The lowest BCUT2D eigenvalue weighted by Crippen LogP contribution is -2.40. The molecule has 0 bridgehead atoms. The number of methoxy groups -OCH3 is 1. The minimum absolute atomic E-state index is 0.0925. The van der Waals surface area contributed by atoms with E-state index in [2.05, 4.69) is 10.1 Å². The number of amides is 2. The number of piperidine rings is 1. The van der Waals surface area contributed by atoms with Crippen LogP contribution in [-0.2, 0) is 20.7 Å². The van der Waals surface area contributed by atoms with Gasteiger partial charge in [-0.3, -0.25) is 9.59 Å². The van der Waals surface area contributed by atoms with Crippen LogP contribution in [0.4, 0.5) is 0 Å². The van der Waals surface area contributed by atoms with Crippen molar-refractivity contribution in [1.29, 1.82) is 0 Å². The number of likely N-dealkylation sites (tertiary alicyclic amines) is 2. The van der Waals surface area contributed by atoms with E-state index in [-0.39, 0.29) is 17.7 Å². The molecule has 138 valence electrons. The van der Waals surface area contributed by atoms with Crippen molar-refractivity contribution in [3.05, 3.63) is 11.7 Å². The molecule has 2 saturated heterocycles. The Balaban J connectivity index is 1.49. The van der Waals surface area contributed by atoms with Crippen molar-refractivity contribution in [1.82, 2.24) is 19.9 Å². The molecular formula is C17H26N4O4. The molecule has 25 heavy (non-hydrogen) atoms. The summed E-state index contributed by atoms with van der Waals surface area (Å²) >= 11 is 0. The van der Waals surface area contributed by atoms with Gasteiger partial charge < -0.3 is 19.1 Å². The lowest BCUT2D eigenvalue weighted by molar-refractivity contribution is -0.134. The third-order valence-corrected chi connectivity index (χ3v) is 4.89. The minimum Gasteiger partial charge on any atom is -0.384 e. The third kappa shape index (κ3) is 4.56. The highest BCUT2D eigenvalue weighted by atomic mass is 16.5. The summed E-state index contributed by atoms with van der Waals surface area (Å²) < 4.78 is 10.4. The van der Waals surface area contributed by atoms with Crippen molar-refractivity contribution < 1.29 is 18.8 Å². The maximum absolute atomic E-state index is 12.2. The first-order valence-corrected chi connectivity index (χ1v) is 9.04. The fraction of sp³-hybridized carbons (Fsp3) is 0.765. The van der Waals surface area contributed by atoms with Crippen LogP contribution in [0.25, 0.3) is 0 Å². The molecule has 2 fully saturated rings. The van der Waals surface area contributed by atoms with E-state index >= 15 is 0 Å². The minimum atomic E-state index is 0.0925. The molecule has 8 nitrogen and oxygen atoms in total. The van der Waals surface area contributed by atoms with Gasteiger partial charge in [0, 0.05) is 52.6 Å². The SMILES string of the molecule is COCCc1noc([C@H]2CCC(=O)N(CCCN3CCCC3=O)C2)n1. The smallest absolute Gasteiger partial charge is 0.231 e. The Morgan fingerprint density at radius 1 is 1.20 bits per heavy atom.